The van der Waals surface area contributed by atoms with Crippen molar-refractivity contribution in [1.82, 2.24) is 9.88 Å². The Kier molecular flexibility index (Phi) is 6.23. The molecular formula is C15H24ClN3O2. The molecule has 1 aromatic rings. The Labute approximate surface area is 131 Å². The molecule has 1 saturated heterocycles. The molecule has 0 aliphatic carbocycles. The zero-order chi connectivity index (χ0) is 15.2. The number of hydrogen-bond donors (Lipinski definition) is 2. The van der Waals surface area contributed by atoms with E-state index >= 15 is 0 Å². The monoisotopic (exact) mass is 313 g/mol. The van der Waals surface area contributed by atoms with Crippen LogP contribution in [0.25, 0.3) is 0 Å². The highest BCUT2D eigenvalue weighted by atomic mass is 35.5. The average Bonchev–Trinajstić information content (AvgIpc) is 2.47. The largest absolute Gasteiger partial charge is 0.394 e. The third-order valence-corrected chi connectivity index (χ3v) is 3.80. The van der Waals surface area contributed by atoms with Crippen LogP contribution in [-0.4, -0.2) is 53.4 Å². The molecule has 6 heteroatoms. The number of morpholine rings is 1. The molecule has 118 valence electrons. The first-order valence-electron chi connectivity index (χ1n) is 7.50. The van der Waals surface area contributed by atoms with E-state index in [4.69, 9.17) is 16.3 Å². The van der Waals surface area contributed by atoms with Crippen molar-refractivity contribution < 1.29 is 9.84 Å². The number of pyridine rings is 1. The molecule has 0 radical (unpaired) electrons. The number of ether oxygens (including phenoxy) is 1. The van der Waals surface area contributed by atoms with Gasteiger partial charge in [-0.2, -0.15) is 0 Å². The molecule has 0 spiro atoms. The molecular weight excluding hydrogens is 290 g/mol. The highest BCUT2D eigenvalue weighted by Gasteiger charge is 2.25. The Hall–Kier alpha value is -0.880. The Morgan fingerprint density at radius 2 is 2.29 bits per heavy atom. The predicted octanol–water partition coefficient (Wildman–Crippen LogP) is 2.14. The second kappa shape index (κ2) is 7.94. The molecule has 0 amide bonds. The zero-order valence-electron chi connectivity index (χ0n) is 12.7. The first kappa shape index (κ1) is 16.5. The van der Waals surface area contributed by atoms with E-state index in [1.165, 1.54) is 0 Å². The molecule has 1 aliphatic heterocycles. The van der Waals surface area contributed by atoms with Gasteiger partial charge in [0.05, 0.1) is 29.5 Å². The SMILES string of the molecule is CCCNc1ccc(Cl)c(CN2CC(C)OC(CO)C2)n1. The maximum absolute atomic E-state index is 9.29. The number of rotatable bonds is 6. The van der Waals surface area contributed by atoms with Crippen LogP contribution in [0.4, 0.5) is 5.82 Å². The van der Waals surface area contributed by atoms with Gasteiger partial charge >= 0.3 is 0 Å². The number of aliphatic hydroxyl groups excluding tert-OH is 1. The van der Waals surface area contributed by atoms with E-state index in [1.807, 2.05) is 19.1 Å². The normalized spacial score (nSPS) is 23.2. The van der Waals surface area contributed by atoms with Gasteiger partial charge in [-0.1, -0.05) is 18.5 Å². The minimum Gasteiger partial charge on any atom is -0.394 e. The van der Waals surface area contributed by atoms with Gasteiger partial charge in [-0.05, 0) is 25.5 Å². The number of halogens is 1. The smallest absolute Gasteiger partial charge is 0.126 e. The van der Waals surface area contributed by atoms with Crippen LogP contribution in [0, 0.1) is 0 Å². The van der Waals surface area contributed by atoms with E-state index in [-0.39, 0.29) is 18.8 Å². The van der Waals surface area contributed by atoms with Crippen LogP contribution in [-0.2, 0) is 11.3 Å². The number of nitrogens with one attached hydrogen (secondary N) is 1. The average molecular weight is 314 g/mol. The van der Waals surface area contributed by atoms with Crippen molar-refractivity contribution in [1.29, 1.82) is 0 Å². The zero-order valence-corrected chi connectivity index (χ0v) is 13.4. The first-order valence-corrected chi connectivity index (χ1v) is 7.88. The molecule has 1 aromatic heterocycles. The predicted molar refractivity (Wildman–Crippen MR) is 84.7 cm³/mol. The summed E-state index contributed by atoms with van der Waals surface area (Å²) in [4.78, 5) is 6.82. The number of aliphatic hydroxyl groups is 1. The molecule has 5 nitrogen and oxygen atoms in total. The summed E-state index contributed by atoms with van der Waals surface area (Å²) in [7, 11) is 0. The standard InChI is InChI=1S/C15H24ClN3O2/c1-3-6-17-15-5-4-13(16)14(18-15)9-19-7-11(2)21-12(8-19)10-20/h4-5,11-12,20H,3,6-10H2,1-2H3,(H,17,18). The fraction of sp³-hybridized carbons (Fsp3) is 0.667. The summed E-state index contributed by atoms with van der Waals surface area (Å²) in [5.41, 5.74) is 0.864. The molecule has 1 aliphatic rings. The summed E-state index contributed by atoms with van der Waals surface area (Å²) in [5, 5.41) is 13.2. The third-order valence-electron chi connectivity index (χ3n) is 3.45. The van der Waals surface area contributed by atoms with Crippen LogP contribution >= 0.6 is 11.6 Å². The van der Waals surface area contributed by atoms with Crippen molar-refractivity contribution in [3.05, 3.63) is 22.8 Å². The van der Waals surface area contributed by atoms with Gasteiger partial charge in [0, 0.05) is 26.2 Å². The third kappa shape index (κ3) is 4.81. The highest BCUT2D eigenvalue weighted by Crippen LogP contribution is 2.20. The molecule has 2 unspecified atom stereocenters. The Balaban J connectivity index is 2.03. The number of hydrogen-bond acceptors (Lipinski definition) is 5. The van der Waals surface area contributed by atoms with E-state index < -0.39 is 0 Å². The Bertz CT molecular complexity index is 459. The lowest BCUT2D eigenvalue weighted by atomic mass is 10.2. The summed E-state index contributed by atoms with van der Waals surface area (Å²) in [6.45, 7) is 7.27. The van der Waals surface area contributed by atoms with Crippen LogP contribution in [0.1, 0.15) is 26.0 Å². The molecule has 2 rings (SSSR count). The maximum Gasteiger partial charge on any atom is 0.126 e. The van der Waals surface area contributed by atoms with Crippen LogP contribution < -0.4 is 5.32 Å². The molecule has 0 saturated carbocycles. The summed E-state index contributed by atoms with van der Waals surface area (Å²) >= 11 is 6.26. The van der Waals surface area contributed by atoms with Gasteiger partial charge in [0.25, 0.3) is 0 Å². The lowest BCUT2D eigenvalue weighted by Gasteiger charge is -2.36. The summed E-state index contributed by atoms with van der Waals surface area (Å²) < 4.78 is 5.65. The first-order chi connectivity index (χ1) is 10.1. The lowest BCUT2D eigenvalue weighted by Crippen LogP contribution is -2.47. The fourth-order valence-corrected chi connectivity index (χ4v) is 2.69. The van der Waals surface area contributed by atoms with Gasteiger partial charge in [0.2, 0.25) is 0 Å². The highest BCUT2D eigenvalue weighted by molar-refractivity contribution is 6.31. The Morgan fingerprint density at radius 3 is 3.00 bits per heavy atom. The van der Waals surface area contributed by atoms with Crippen LogP contribution in [0.3, 0.4) is 0 Å². The summed E-state index contributed by atoms with van der Waals surface area (Å²) in [6, 6.07) is 3.79. The molecule has 2 atom stereocenters. The van der Waals surface area contributed by atoms with E-state index in [0.29, 0.717) is 18.1 Å². The fourth-order valence-electron chi connectivity index (χ4n) is 2.53. The van der Waals surface area contributed by atoms with Gasteiger partial charge < -0.3 is 15.2 Å². The molecule has 0 bridgehead atoms. The van der Waals surface area contributed by atoms with E-state index in [0.717, 1.165) is 31.0 Å². The second-order valence-corrected chi connectivity index (χ2v) is 5.90. The van der Waals surface area contributed by atoms with Gasteiger partial charge in [0.15, 0.2) is 0 Å². The lowest BCUT2D eigenvalue weighted by molar-refractivity contribution is -0.0974. The van der Waals surface area contributed by atoms with Crippen molar-refractivity contribution in [2.45, 2.75) is 39.0 Å². The molecule has 21 heavy (non-hydrogen) atoms. The maximum atomic E-state index is 9.29. The number of nitrogens with zero attached hydrogens (tertiary/aromatic N) is 2. The quantitative estimate of drug-likeness (QED) is 0.842. The minimum absolute atomic E-state index is 0.0418. The number of aromatic nitrogens is 1. The summed E-state index contributed by atoms with van der Waals surface area (Å²) in [5.74, 6) is 0.858. The summed E-state index contributed by atoms with van der Waals surface area (Å²) in [6.07, 6.45) is 1.03. The van der Waals surface area contributed by atoms with Gasteiger partial charge in [-0.15, -0.1) is 0 Å². The van der Waals surface area contributed by atoms with Crippen LogP contribution in [0.2, 0.25) is 5.02 Å². The topological polar surface area (TPSA) is 57.6 Å². The van der Waals surface area contributed by atoms with E-state index in [1.54, 1.807) is 0 Å². The van der Waals surface area contributed by atoms with E-state index in [2.05, 4.69) is 22.1 Å². The molecule has 2 N–H and O–H groups in total. The van der Waals surface area contributed by atoms with Crippen molar-refractivity contribution in [3.63, 3.8) is 0 Å². The second-order valence-electron chi connectivity index (χ2n) is 5.50. The molecule has 2 heterocycles. The van der Waals surface area contributed by atoms with Crippen LogP contribution in [0.5, 0.6) is 0 Å². The van der Waals surface area contributed by atoms with Crippen molar-refractivity contribution in [3.8, 4) is 0 Å². The van der Waals surface area contributed by atoms with Gasteiger partial charge in [0.1, 0.15) is 5.82 Å². The molecule has 1 fully saturated rings. The Morgan fingerprint density at radius 1 is 1.48 bits per heavy atom. The minimum atomic E-state index is -0.131. The molecule has 0 aromatic carbocycles. The van der Waals surface area contributed by atoms with Crippen molar-refractivity contribution in [2.75, 3.05) is 31.6 Å². The van der Waals surface area contributed by atoms with Crippen LogP contribution in [0.15, 0.2) is 12.1 Å². The van der Waals surface area contributed by atoms with Gasteiger partial charge in [-0.25, -0.2) is 4.98 Å². The number of anilines is 1. The van der Waals surface area contributed by atoms with E-state index in [9.17, 15) is 5.11 Å². The van der Waals surface area contributed by atoms with Gasteiger partial charge in [-0.3, -0.25) is 4.90 Å². The van der Waals surface area contributed by atoms with Crippen molar-refractivity contribution >= 4 is 17.4 Å². The van der Waals surface area contributed by atoms with Crippen molar-refractivity contribution in [2.24, 2.45) is 0 Å².